The molecule has 3 rings (SSSR count). The average molecular weight is 291 g/mol. The molecule has 0 aliphatic carbocycles. The summed E-state index contributed by atoms with van der Waals surface area (Å²) in [4.78, 5) is 4.25. The molecule has 1 N–H and O–H groups in total. The van der Waals surface area contributed by atoms with E-state index >= 15 is 0 Å². The zero-order chi connectivity index (χ0) is 13.9. The SMILES string of the molecule is Cc1ccc(NCc2cc(Cl)c3c(c2)OCCO3)cn1. The van der Waals surface area contributed by atoms with Crippen molar-refractivity contribution in [1.82, 2.24) is 4.98 Å². The first kappa shape index (κ1) is 13.1. The first-order valence-corrected chi connectivity index (χ1v) is 6.85. The predicted molar refractivity (Wildman–Crippen MR) is 78.7 cm³/mol. The molecule has 20 heavy (non-hydrogen) atoms. The minimum absolute atomic E-state index is 0.541. The van der Waals surface area contributed by atoms with Gasteiger partial charge in [0.25, 0.3) is 0 Å². The molecule has 0 unspecified atom stereocenters. The molecule has 2 heterocycles. The normalized spacial score (nSPS) is 13.1. The number of hydrogen-bond acceptors (Lipinski definition) is 4. The zero-order valence-corrected chi connectivity index (χ0v) is 11.9. The van der Waals surface area contributed by atoms with Crippen LogP contribution in [-0.2, 0) is 6.54 Å². The van der Waals surface area contributed by atoms with Crippen LogP contribution in [0.15, 0.2) is 30.5 Å². The van der Waals surface area contributed by atoms with E-state index in [-0.39, 0.29) is 0 Å². The monoisotopic (exact) mass is 290 g/mol. The van der Waals surface area contributed by atoms with E-state index in [2.05, 4.69) is 10.3 Å². The lowest BCUT2D eigenvalue weighted by atomic mass is 10.2. The standard InChI is InChI=1S/C15H15ClN2O2/c1-10-2-3-12(9-17-10)18-8-11-6-13(16)15-14(7-11)19-4-5-20-15/h2-3,6-7,9,18H,4-5,8H2,1H3. The molecular formula is C15H15ClN2O2. The fraction of sp³-hybridized carbons (Fsp3) is 0.267. The summed E-state index contributed by atoms with van der Waals surface area (Å²) in [5.74, 6) is 1.35. The van der Waals surface area contributed by atoms with Crippen molar-refractivity contribution in [2.75, 3.05) is 18.5 Å². The van der Waals surface area contributed by atoms with Gasteiger partial charge in [0, 0.05) is 12.2 Å². The number of anilines is 1. The minimum atomic E-state index is 0.541. The van der Waals surface area contributed by atoms with Crippen LogP contribution in [0.3, 0.4) is 0 Å². The summed E-state index contributed by atoms with van der Waals surface area (Å²) < 4.78 is 11.1. The fourth-order valence-corrected chi connectivity index (χ4v) is 2.33. The average Bonchev–Trinajstić information content (AvgIpc) is 2.47. The molecule has 1 aliphatic rings. The lowest BCUT2D eigenvalue weighted by Crippen LogP contribution is -2.16. The summed E-state index contributed by atoms with van der Waals surface area (Å²) in [6.45, 7) is 3.72. The lowest BCUT2D eigenvalue weighted by Gasteiger charge is -2.20. The molecule has 1 aromatic heterocycles. The van der Waals surface area contributed by atoms with Crippen molar-refractivity contribution in [3.05, 3.63) is 46.7 Å². The van der Waals surface area contributed by atoms with Crippen molar-refractivity contribution in [3.8, 4) is 11.5 Å². The van der Waals surface area contributed by atoms with Gasteiger partial charge in [0.15, 0.2) is 11.5 Å². The predicted octanol–water partition coefficient (Wildman–Crippen LogP) is 3.43. The molecule has 0 atom stereocenters. The van der Waals surface area contributed by atoms with Gasteiger partial charge in [0.05, 0.1) is 16.9 Å². The highest BCUT2D eigenvalue weighted by atomic mass is 35.5. The molecular weight excluding hydrogens is 276 g/mol. The van der Waals surface area contributed by atoms with Gasteiger partial charge in [-0.1, -0.05) is 11.6 Å². The first-order chi connectivity index (χ1) is 9.72. The van der Waals surface area contributed by atoms with E-state index in [0.29, 0.717) is 36.3 Å². The van der Waals surface area contributed by atoms with Gasteiger partial charge in [-0.25, -0.2) is 0 Å². The van der Waals surface area contributed by atoms with Crippen LogP contribution in [0.2, 0.25) is 5.02 Å². The van der Waals surface area contributed by atoms with Gasteiger partial charge in [-0.2, -0.15) is 0 Å². The number of aryl methyl sites for hydroxylation is 1. The second-order valence-electron chi connectivity index (χ2n) is 4.64. The molecule has 0 saturated heterocycles. The van der Waals surface area contributed by atoms with E-state index in [1.165, 1.54) is 0 Å². The smallest absolute Gasteiger partial charge is 0.179 e. The van der Waals surface area contributed by atoms with Crippen LogP contribution < -0.4 is 14.8 Å². The van der Waals surface area contributed by atoms with Crippen molar-refractivity contribution in [2.24, 2.45) is 0 Å². The number of nitrogens with one attached hydrogen (secondary N) is 1. The molecule has 1 aromatic carbocycles. The number of nitrogens with zero attached hydrogens (tertiary/aromatic N) is 1. The second-order valence-corrected chi connectivity index (χ2v) is 5.05. The van der Waals surface area contributed by atoms with Crippen LogP contribution in [0.4, 0.5) is 5.69 Å². The highest BCUT2D eigenvalue weighted by Crippen LogP contribution is 2.38. The quantitative estimate of drug-likeness (QED) is 0.940. The van der Waals surface area contributed by atoms with Gasteiger partial charge in [-0.15, -0.1) is 0 Å². The van der Waals surface area contributed by atoms with Gasteiger partial charge >= 0.3 is 0 Å². The van der Waals surface area contributed by atoms with E-state index in [9.17, 15) is 0 Å². The van der Waals surface area contributed by atoms with Crippen LogP contribution in [-0.4, -0.2) is 18.2 Å². The Kier molecular flexibility index (Phi) is 3.65. The van der Waals surface area contributed by atoms with E-state index in [1.54, 1.807) is 0 Å². The number of ether oxygens (including phenoxy) is 2. The molecule has 104 valence electrons. The van der Waals surface area contributed by atoms with Crippen molar-refractivity contribution in [2.45, 2.75) is 13.5 Å². The molecule has 0 radical (unpaired) electrons. The molecule has 0 bridgehead atoms. The highest BCUT2D eigenvalue weighted by Gasteiger charge is 2.16. The van der Waals surface area contributed by atoms with Crippen molar-refractivity contribution in [1.29, 1.82) is 0 Å². The summed E-state index contributed by atoms with van der Waals surface area (Å²) in [6, 6.07) is 7.82. The number of benzene rings is 1. The number of fused-ring (bicyclic) bond motifs is 1. The van der Waals surface area contributed by atoms with Crippen LogP contribution in [0.1, 0.15) is 11.3 Å². The van der Waals surface area contributed by atoms with Crippen molar-refractivity contribution >= 4 is 17.3 Å². The largest absolute Gasteiger partial charge is 0.486 e. The third-order valence-electron chi connectivity index (χ3n) is 3.06. The summed E-state index contributed by atoms with van der Waals surface area (Å²) >= 11 is 6.20. The number of halogens is 1. The Morgan fingerprint density at radius 2 is 2.10 bits per heavy atom. The number of pyridine rings is 1. The van der Waals surface area contributed by atoms with E-state index < -0.39 is 0 Å². The fourth-order valence-electron chi connectivity index (χ4n) is 2.04. The van der Waals surface area contributed by atoms with E-state index in [1.807, 2.05) is 37.4 Å². The Labute approximate surface area is 122 Å². The topological polar surface area (TPSA) is 43.4 Å². The van der Waals surface area contributed by atoms with Gasteiger partial charge < -0.3 is 14.8 Å². The Hall–Kier alpha value is -1.94. The lowest BCUT2D eigenvalue weighted by molar-refractivity contribution is 0.171. The third kappa shape index (κ3) is 2.80. The first-order valence-electron chi connectivity index (χ1n) is 6.47. The highest BCUT2D eigenvalue weighted by molar-refractivity contribution is 6.32. The van der Waals surface area contributed by atoms with Crippen LogP contribution in [0.25, 0.3) is 0 Å². The molecule has 0 saturated carbocycles. The van der Waals surface area contributed by atoms with Gasteiger partial charge in [0.2, 0.25) is 0 Å². The Morgan fingerprint density at radius 1 is 1.25 bits per heavy atom. The van der Waals surface area contributed by atoms with Gasteiger partial charge in [-0.05, 0) is 36.8 Å². The molecule has 5 heteroatoms. The van der Waals surface area contributed by atoms with Gasteiger partial charge in [0.1, 0.15) is 13.2 Å². The second kappa shape index (κ2) is 5.59. The molecule has 4 nitrogen and oxygen atoms in total. The molecule has 0 amide bonds. The molecule has 0 fully saturated rings. The number of hydrogen-bond donors (Lipinski definition) is 1. The maximum atomic E-state index is 6.20. The summed E-state index contributed by atoms with van der Waals surface area (Å²) in [6.07, 6.45) is 1.81. The van der Waals surface area contributed by atoms with Crippen LogP contribution >= 0.6 is 11.6 Å². The van der Waals surface area contributed by atoms with Crippen LogP contribution in [0, 0.1) is 6.92 Å². The maximum absolute atomic E-state index is 6.20. The summed E-state index contributed by atoms with van der Waals surface area (Å²) in [5.41, 5.74) is 3.01. The zero-order valence-electron chi connectivity index (χ0n) is 11.1. The Morgan fingerprint density at radius 3 is 2.90 bits per heavy atom. The van der Waals surface area contributed by atoms with E-state index in [0.717, 1.165) is 16.9 Å². The van der Waals surface area contributed by atoms with Crippen molar-refractivity contribution < 1.29 is 9.47 Å². The minimum Gasteiger partial charge on any atom is -0.486 e. The number of aromatic nitrogens is 1. The third-order valence-corrected chi connectivity index (χ3v) is 3.35. The Balaban J connectivity index is 1.74. The molecule has 1 aliphatic heterocycles. The molecule has 0 spiro atoms. The maximum Gasteiger partial charge on any atom is 0.179 e. The van der Waals surface area contributed by atoms with Crippen LogP contribution in [0.5, 0.6) is 11.5 Å². The van der Waals surface area contributed by atoms with Gasteiger partial charge in [-0.3, -0.25) is 4.98 Å². The Bertz CT molecular complexity index is 614. The number of rotatable bonds is 3. The molecule has 2 aromatic rings. The van der Waals surface area contributed by atoms with E-state index in [4.69, 9.17) is 21.1 Å². The summed E-state index contributed by atoms with van der Waals surface area (Å²) in [5, 5.41) is 3.89. The summed E-state index contributed by atoms with van der Waals surface area (Å²) in [7, 11) is 0. The van der Waals surface area contributed by atoms with Crippen molar-refractivity contribution in [3.63, 3.8) is 0 Å².